The van der Waals surface area contributed by atoms with E-state index in [-0.39, 0.29) is 11.7 Å². The molecule has 3 rings (SSSR count). The zero-order valence-electron chi connectivity index (χ0n) is 14.9. The lowest BCUT2D eigenvalue weighted by Gasteiger charge is -2.29. The van der Waals surface area contributed by atoms with E-state index in [2.05, 4.69) is 15.2 Å². The highest BCUT2D eigenvalue weighted by Crippen LogP contribution is 2.20. The van der Waals surface area contributed by atoms with E-state index in [1.807, 2.05) is 12.1 Å². The Labute approximate surface area is 152 Å². The molecule has 0 unspecified atom stereocenters. The van der Waals surface area contributed by atoms with Crippen molar-refractivity contribution >= 4 is 17.4 Å². The zero-order valence-corrected chi connectivity index (χ0v) is 14.9. The summed E-state index contributed by atoms with van der Waals surface area (Å²) in [4.78, 5) is 20.8. The molecule has 0 aliphatic carbocycles. The highest BCUT2D eigenvalue weighted by atomic mass is 19.1. The maximum absolute atomic E-state index is 13.2. The van der Waals surface area contributed by atoms with E-state index in [4.69, 9.17) is 5.73 Å². The molecule has 0 bridgehead atoms. The van der Waals surface area contributed by atoms with Crippen molar-refractivity contribution < 1.29 is 9.18 Å². The summed E-state index contributed by atoms with van der Waals surface area (Å²) < 4.78 is 13.2. The first kappa shape index (κ1) is 18.3. The highest BCUT2D eigenvalue weighted by molar-refractivity contribution is 5.96. The van der Waals surface area contributed by atoms with Crippen molar-refractivity contribution in [2.45, 2.75) is 19.5 Å². The molecule has 2 heterocycles. The molecule has 1 aromatic carbocycles. The number of halogens is 1. The van der Waals surface area contributed by atoms with Gasteiger partial charge in [0.2, 0.25) is 5.91 Å². The summed E-state index contributed by atoms with van der Waals surface area (Å²) in [5.74, 6) is 0.369. The summed E-state index contributed by atoms with van der Waals surface area (Å²) in [6, 6.07) is 9.13. The number of carbonyl (C=O) groups excluding carboxylic acids is 1. The predicted molar refractivity (Wildman–Crippen MR) is 101 cm³/mol. The average molecular weight is 357 g/mol. The second kappa shape index (κ2) is 8.25. The maximum atomic E-state index is 13.2. The largest absolute Gasteiger partial charge is 0.354 e. The molecule has 1 aliphatic rings. The van der Waals surface area contributed by atoms with Crippen LogP contribution in [0.1, 0.15) is 12.5 Å². The summed E-state index contributed by atoms with van der Waals surface area (Å²) >= 11 is 0. The number of carbonyl (C=O) groups is 1. The summed E-state index contributed by atoms with van der Waals surface area (Å²) in [6.45, 7) is 5.73. The second-order valence-corrected chi connectivity index (χ2v) is 6.45. The first-order valence-electron chi connectivity index (χ1n) is 8.78. The molecule has 1 atom stereocenters. The molecule has 1 amide bonds. The lowest BCUT2D eigenvalue weighted by molar-refractivity contribution is -0.119. The van der Waals surface area contributed by atoms with Crippen molar-refractivity contribution in [1.29, 1.82) is 0 Å². The first-order valence-corrected chi connectivity index (χ1v) is 8.78. The number of aromatic nitrogens is 1. The Hall–Kier alpha value is -2.51. The maximum Gasteiger partial charge on any atom is 0.243 e. The van der Waals surface area contributed by atoms with Gasteiger partial charge < -0.3 is 20.9 Å². The number of piperazine rings is 1. The molecule has 3 N–H and O–H groups in total. The van der Waals surface area contributed by atoms with Crippen molar-refractivity contribution in [3.8, 4) is 0 Å². The Balaban J connectivity index is 1.77. The molecule has 1 saturated heterocycles. The van der Waals surface area contributed by atoms with Crippen molar-refractivity contribution in [1.82, 2.24) is 10.3 Å². The van der Waals surface area contributed by atoms with Crippen LogP contribution >= 0.6 is 0 Å². The molecular weight excluding hydrogens is 333 g/mol. The number of anilines is 2. The van der Waals surface area contributed by atoms with Gasteiger partial charge in [0.1, 0.15) is 11.6 Å². The van der Waals surface area contributed by atoms with Gasteiger partial charge in [0.05, 0.1) is 12.6 Å². The lowest BCUT2D eigenvalue weighted by atomic mass is 10.2. The van der Waals surface area contributed by atoms with Crippen LogP contribution in [0.25, 0.3) is 0 Å². The minimum absolute atomic E-state index is 0.220. The fraction of sp³-hybridized carbons (Fsp3) is 0.368. The quantitative estimate of drug-likeness (QED) is 0.849. The van der Waals surface area contributed by atoms with E-state index < -0.39 is 6.04 Å². The predicted octanol–water partition coefficient (Wildman–Crippen LogP) is 1.51. The molecule has 7 heteroatoms. The van der Waals surface area contributed by atoms with Crippen LogP contribution in [0.5, 0.6) is 0 Å². The number of rotatable bonds is 5. The fourth-order valence-electron chi connectivity index (χ4n) is 2.94. The number of nitrogens with two attached hydrogens (primary N) is 1. The fourth-order valence-corrected chi connectivity index (χ4v) is 2.94. The van der Waals surface area contributed by atoms with Crippen LogP contribution in [-0.2, 0) is 11.3 Å². The third-order valence-corrected chi connectivity index (χ3v) is 4.38. The Morgan fingerprint density at radius 2 is 1.96 bits per heavy atom. The minimum Gasteiger partial charge on any atom is -0.354 e. The first-order chi connectivity index (χ1) is 12.5. The number of hydrogen-bond donors (Lipinski definition) is 2. The molecular formula is C19H24FN5O. The number of amides is 1. The molecule has 0 spiro atoms. The summed E-state index contributed by atoms with van der Waals surface area (Å²) in [7, 11) is 0. The van der Waals surface area contributed by atoms with Gasteiger partial charge in [-0.1, -0.05) is 6.07 Å². The third-order valence-electron chi connectivity index (χ3n) is 4.38. The summed E-state index contributed by atoms with van der Waals surface area (Å²) in [5, 5.41) is 3.31. The standard InChI is InChI=1S/C19H24FN5O/c1-14(21)19(26)25(17-5-3-16(20)4-6-17)13-15-2-7-18(23-12-15)24-10-8-22-9-11-24/h2-7,12,14,22H,8-11,13,21H2,1H3/t14-/m0/s1. The van der Waals surface area contributed by atoms with Gasteiger partial charge in [0.15, 0.2) is 0 Å². The molecule has 0 saturated carbocycles. The number of hydrogen-bond acceptors (Lipinski definition) is 5. The highest BCUT2D eigenvalue weighted by Gasteiger charge is 2.20. The van der Waals surface area contributed by atoms with Crippen LogP contribution in [0.3, 0.4) is 0 Å². The van der Waals surface area contributed by atoms with E-state index >= 15 is 0 Å². The topological polar surface area (TPSA) is 74.5 Å². The zero-order chi connectivity index (χ0) is 18.5. The monoisotopic (exact) mass is 357 g/mol. The summed E-state index contributed by atoms with van der Waals surface area (Å²) in [6.07, 6.45) is 1.78. The number of benzene rings is 1. The minimum atomic E-state index is -0.645. The molecule has 6 nitrogen and oxygen atoms in total. The SMILES string of the molecule is C[C@H](N)C(=O)N(Cc1ccc(N2CCNCC2)nc1)c1ccc(F)cc1. The Morgan fingerprint density at radius 3 is 2.54 bits per heavy atom. The molecule has 2 aromatic rings. The van der Waals surface area contributed by atoms with E-state index in [9.17, 15) is 9.18 Å². The van der Waals surface area contributed by atoms with Gasteiger partial charge in [-0.25, -0.2) is 9.37 Å². The average Bonchev–Trinajstić information content (AvgIpc) is 2.67. The van der Waals surface area contributed by atoms with Gasteiger partial charge in [-0.15, -0.1) is 0 Å². The number of nitrogens with zero attached hydrogens (tertiary/aromatic N) is 3. The normalized spacial score (nSPS) is 15.6. The van der Waals surface area contributed by atoms with Crippen LogP contribution in [0, 0.1) is 5.82 Å². The smallest absolute Gasteiger partial charge is 0.243 e. The van der Waals surface area contributed by atoms with E-state index in [0.717, 1.165) is 37.6 Å². The van der Waals surface area contributed by atoms with Crippen LogP contribution < -0.4 is 20.9 Å². The van der Waals surface area contributed by atoms with Gasteiger partial charge in [0.25, 0.3) is 0 Å². The molecule has 138 valence electrons. The van der Waals surface area contributed by atoms with Crippen molar-refractivity contribution in [2.75, 3.05) is 36.0 Å². The van der Waals surface area contributed by atoms with Crippen molar-refractivity contribution in [2.24, 2.45) is 5.73 Å². The van der Waals surface area contributed by atoms with Crippen molar-refractivity contribution in [3.63, 3.8) is 0 Å². The van der Waals surface area contributed by atoms with Gasteiger partial charge in [-0.2, -0.15) is 0 Å². The van der Waals surface area contributed by atoms with Crippen LogP contribution in [0.15, 0.2) is 42.6 Å². The molecule has 0 radical (unpaired) electrons. The Bertz CT molecular complexity index is 727. The molecule has 1 aliphatic heterocycles. The van der Waals surface area contributed by atoms with E-state index in [1.165, 1.54) is 12.1 Å². The van der Waals surface area contributed by atoms with Gasteiger partial charge in [-0.05, 0) is 42.8 Å². The Kier molecular flexibility index (Phi) is 5.80. The number of nitrogens with one attached hydrogen (secondary N) is 1. The van der Waals surface area contributed by atoms with Crippen LogP contribution in [0.4, 0.5) is 15.9 Å². The van der Waals surface area contributed by atoms with E-state index in [0.29, 0.717) is 12.2 Å². The van der Waals surface area contributed by atoms with Gasteiger partial charge >= 0.3 is 0 Å². The second-order valence-electron chi connectivity index (χ2n) is 6.45. The molecule has 1 fully saturated rings. The van der Waals surface area contributed by atoms with Crippen LogP contribution in [-0.4, -0.2) is 43.1 Å². The van der Waals surface area contributed by atoms with Crippen molar-refractivity contribution in [3.05, 3.63) is 54.0 Å². The van der Waals surface area contributed by atoms with E-state index in [1.54, 1.807) is 30.2 Å². The van der Waals surface area contributed by atoms with Crippen LogP contribution in [0.2, 0.25) is 0 Å². The lowest BCUT2D eigenvalue weighted by Crippen LogP contribution is -2.44. The molecule has 1 aromatic heterocycles. The Morgan fingerprint density at radius 1 is 1.27 bits per heavy atom. The third kappa shape index (κ3) is 4.36. The number of pyridine rings is 1. The molecule has 26 heavy (non-hydrogen) atoms. The van der Waals surface area contributed by atoms with Gasteiger partial charge in [-0.3, -0.25) is 4.79 Å². The van der Waals surface area contributed by atoms with Gasteiger partial charge in [0, 0.05) is 38.1 Å². The summed E-state index contributed by atoms with van der Waals surface area (Å²) in [5.41, 5.74) is 7.29.